The lowest BCUT2D eigenvalue weighted by Crippen LogP contribution is -2.41. The van der Waals surface area contributed by atoms with E-state index < -0.39 is 24.4 Å². The number of hydrogen-bond acceptors (Lipinski definition) is 5. The summed E-state index contributed by atoms with van der Waals surface area (Å²) < 4.78 is 17.3. The van der Waals surface area contributed by atoms with Gasteiger partial charge in [-0.2, -0.15) is 0 Å². The summed E-state index contributed by atoms with van der Waals surface area (Å²) in [5, 5.41) is 5.52. The van der Waals surface area contributed by atoms with Crippen LogP contribution < -0.4 is 16.1 Å². The van der Waals surface area contributed by atoms with Gasteiger partial charge in [0.25, 0.3) is 5.91 Å². The summed E-state index contributed by atoms with van der Waals surface area (Å²) >= 11 is 0. The highest BCUT2D eigenvalue weighted by atomic mass is 16.7. The van der Waals surface area contributed by atoms with Crippen LogP contribution in [0, 0.1) is 0 Å². The van der Waals surface area contributed by atoms with E-state index in [9.17, 15) is 9.59 Å². The minimum absolute atomic E-state index is 0.293. The van der Waals surface area contributed by atoms with Gasteiger partial charge in [-0.25, -0.2) is 4.79 Å². The van der Waals surface area contributed by atoms with Crippen molar-refractivity contribution in [1.82, 2.24) is 0 Å². The van der Waals surface area contributed by atoms with Crippen LogP contribution >= 0.6 is 0 Å². The SMILES string of the molecule is CCCCOC(=O)Nc1ccccc1NC(=O)c1ccc(B2OC(C)(C)C(C)(C)O2)cc1. The van der Waals surface area contributed by atoms with Gasteiger partial charge >= 0.3 is 13.2 Å². The molecule has 1 aliphatic heterocycles. The zero-order valence-electron chi connectivity index (χ0n) is 19.4. The number of anilines is 2. The standard InChI is InChI=1S/C24H31BN2O5/c1-6-7-16-30-22(29)27-20-11-9-8-10-19(20)26-21(28)17-12-14-18(15-13-17)25-31-23(2,3)24(4,5)32-25/h8-15H,6-7,16H2,1-5H3,(H,26,28)(H,27,29). The quantitative estimate of drug-likeness (QED) is 0.488. The number of rotatable bonds is 7. The number of carbonyl (C=O) groups is 2. The van der Waals surface area contributed by atoms with Gasteiger partial charge < -0.3 is 19.4 Å². The second-order valence-corrected chi connectivity index (χ2v) is 8.82. The van der Waals surface area contributed by atoms with E-state index in [4.69, 9.17) is 14.0 Å². The summed E-state index contributed by atoms with van der Waals surface area (Å²) in [5.41, 5.74) is 1.42. The first-order valence-corrected chi connectivity index (χ1v) is 10.9. The highest BCUT2D eigenvalue weighted by Crippen LogP contribution is 2.36. The molecule has 8 heteroatoms. The van der Waals surface area contributed by atoms with Crippen molar-refractivity contribution in [2.24, 2.45) is 0 Å². The maximum atomic E-state index is 12.8. The van der Waals surface area contributed by atoms with Crippen LogP contribution in [0.1, 0.15) is 57.8 Å². The van der Waals surface area contributed by atoms with Crippen molar-refractivity contribution in [3.63, 3.8) is 0 Å². The molecule has 0 unspecified atom stereocenters. The van der Waals surface area contributed by atoms with E-state index in [1.165, 1.54) is 0 Å². The smallest absolute Gasteiger partial charge is 0.449 e. The lowest BCUT2D eigenvalue weighted by Gasteiger charge is -2.32. The van der Waals surface area contributed by atoms with Crippen molar-refractivity contribution < 1.29 is 23.6 Å². The molecule has 0 spiro atoms. The van der Waals surface area contributed by atoms with Crippen LogP contribution in [0.5, 0.6) is 0 Å². The largest absolute Gasteiger partial charge is 0.494 e. The second kappa shape index (κ2) is 9.75. The molecule has 0 bridgehead atoms. The Morgan fingerprint density at radius 1 is 0.906 bits per heavy atom. The molecular weight excluding hydrogens is 407 g/mol. The predicted molar refractivity (Wildman–Crippen MR) is 126 cm³/mol. The number of hydrogen-bond donors (Lipinski definition) is 2. The fourth-order valence-corrected chi connectivity index (χ4v) is 3.12. The Bertz CT molecular complexity index is 943. The number of para-hydroxylation sites is 2. The zero-order valence-corrected chi connectivity index (χ0v) is 19.4. The molecule has 0 saturated carbocycles. The lowest BCUT2D eigenvalue weighted by molar-refractivity contribution is 0.00578. The lowest BCUT2D eigenvalue weighted by atomic mass is 9.79. The average Bonchev–Trinajstić information content (AvgIpc) is 2.97. The Hall–Kier alpha value is -2.84. The molecule has 2 N–H and O–H groups in total. The van der Waals surface area contributed by atoms with Gasteiger partial charge in [-0.05, 0) is 63.8 Å². The molecule has 2 aromatic carbocycles. The minimum atomic E-state index is -0.549. The van der Waals surface area contributed by atoms with E-state index in [1.54, 1.807) is 36.4 Å². The van der Waals surface area contributed by atoms with E-state index in [1.807, 2.05) is 46.8 Å². The Labute approximate surface area is 190 Å². The molecule has 0 aromatic heterocycles. The molecule has 0 atom stereocenters. The topological polar surface area (TPSA) is 85.9 Å². The summed E-state index contributed by atoms with van der Waals surface area (Å²) in [5.74, 6) is -0.293. The Morgan fingerprint density at radius 3 is 2.03 bits per heavy atom. The molecule has 0 radical (unpaired) electrons. The van der Waals surface area contributed by atoms with Crippen LogP contribution in [0.2, 0.25) is 0 Å². The molecule has 32 heavy (non-hydrogen) atoms. The molecule has 2 aromatic rings. The van der Waals surface area contributed by atoms with Gasteiger partial charge in [0.2, 0.25) is 0 Å². The van der Waals surface area contributed by atoms with E-state index in [0.29, 0.717) is 23.5 Å². The molecule has 0 aliphatic carbocycles. The molecule has 170 valence electrons. The minimum Gasteiger partial charge on any atom is -0.449 e. The van der Waals surface area contributed by atoms with Crippen LogP contribution in [0.25, 0.3) is 0 Å². The van der Waals surface area contributed by atoms with Gasteiger partial charge in [0.05, 0.1) is 29.2 Å². The predicted octanol–water partition coefficient (Wildman–Crippen LogP) is 4.59. The first-order valence-electron chi connectivity index (χ1n) is 10.9. The van der Waals surface area contributed by atoms with E-state index >= 15 is 0 Å². The van der Waals surface area contributed by atoms with E-state index in [-0.39, 0.29) is 5.91 Å². The molecule has 2 amide bonds. The molecular formula is C24H31BN2O5. The van der Waals surface area contributed by atoms with Gasteiger partial charge in [-0.15, -0.1) is 0 Å². The summed E-state index contributed by atoms with van der Waals surface area (Å²) in [6, 6.07) is 14.1. The summed E-state index contributed by atoms with van der Waals surface area (Å²) in [6.07, 6.45) is 1.19. The average molecular weight is 438 g/mol. The second-order valence-electron chi connectivity index (χ2n) is 8.82. The van der Waals surface area contributed by atoms with Gasteiger partial charge in [0, 0.05) is 5.56 Å². The normalized spacial score (nSPS) is 16.5. The van der Waals surface area contributed by atoms with Crippen molar-refractivity contribution >= 4 is 36.0 Å². The summed E-state index contributed by atoms with van der Waals surface area (Å²) in [7, 11) is -0.485. The van der Waals surface area contributed by atoms with Crippen molar-refractivity contribution in [3.05, 3.63) is 54.1 Å². The molecule has 1 aliphatic rings. The fourth-order valence-electron chi connectivity index (χ4n) is 3.12. The molecule has 1 saturated heterocycles. The Balaban J connectivity index is 1.65. The molecule has 1 fully saturated rings. The monoisotopic (exact) mass is 438 g/mol. The third kappa shape index (κ3) is 5.50. The number of carbonyl (C=O) groups excluding carboxylic acids is 2. The third-order valence-electron chi connectivity index (χ3n) is 5.84. The number of unbranched alkanes of at least 4 members (excludes halogenated alkanes) is 1. The van der Waals surface area contributed by atoms with Crippen LogP contribution in [0.3, 0.4) is 0 Å². The summed E-state index contributed by atoms with van der Waals surface area (Å²) in [6.45, 7) is 10.4. The number of amides is 2. The maximum Gasteiger partial charge on any atom is 0.494 e. The van der Waals surface area contributed by atoms with Crippen molar-refractivity contribution in [2.45, 2.75) is 58.7 Å². The van der Waals surface area contributed by atoms with E-state index in [2.05, 4.69) is 10.6 Å². The van der Waals surface area contributed by atoms with Gasteiger partial charge in [-0.3, -0.25) is 10.1 Å². The fraction of sp³-hybridized carbons (Fsp3) is 0.417. The molecule has 3 rings (SSSR count). The Morgan fingerprint density at radius 2 is 1.47 bits per heavy atom. The number of benzene rings is 2. The number of ether oxygens (including phenoxy) is 1. The third-order valence-corrected chi connectivity index (χ3v) is 5.84. The van der Waals surface area contributed by atoms with Gasteiger partial charge in [0.1, 0.15) is 0 Å². The first kappa shape index (κ1) is 23.8. The maximum absolute atomic E-state index is 12.8. The van der Waals surface area contributed by atoms with Crippen molar-refractivity contribution in [3.8, 4) is 0 Å². The van der Waals surface area contributed by atoms with Crippen LogP contribution in [0.4, 0.5) is 16.2 Å². The Kier molecular flexibility index (Phi) is 7.26. The van der Waals surface area contributed by atoms with Crippen molar-refractivity contribution in [2.75, 3.05) is 17.2 Å². The first-order chi connectivity index (χ1) is 15.1. The summed E-state index contributed by atoms with van der Waals surface area (Å²) in [4.78, 5) is 24.8. The van der Waals surface area contributed by atoms with Crippen LogP contribution in [-0.4, -0.2) is 36.9 Å². The highest BCUT2D eigenvalue weighted by molar-refractivity contribution is 6.62. The highest BCUT2D eigenvalue weighted by Gasteiger charge is 2.51. The van der Waals surface area contributed by atoms with E-state index in [0.717, 1.165) is 18.3 Å². The molecule has 1 heterocycles. The molecule has 7 nitrogen and oxygen atoms in total. The number of nitrogens with one attached hydrogen (secondary N) is 2. The van der Waals surface area contributed by atoms with Gasteiger partial charge in [0.15, 0.2) is 0 Å². The zero-order chi connectivity index (χ0) is 23.4. The van der Waals surface area contributed by atoms with Crippen molar-refractivity contribution in [1.29, 1.82) is 0 Å². The van der Waals surface area contributed by atoms with Crippen LogP contribution in [-0.2, 0) is 14.0 Å². The van der Waals surface area contributed by atoms with Gasteiger partial charge in [-0.1, -0.05) is 37.6 Å². The van der Waals surface area contributed by atoms with Crippen LogP contribution in [0.15, 0.2) is 48.5 Å².